The van der Waals surface area contributed by atoms with Crippen LogP contribution in [0.15, 0.2) is 24.3 Å². The Morgan fingerprint density at radius 3 is 2.39 bits per heavy atom. The third-order valence-corrected chi connectivity index (χ3v) is 2.96. The number of benzene rings is 1. The zero-order chi connectivity index (χ0) is 13.6. The van der Waals surface area contributed by atoms with Crippen LogP contribution in [0.4, 0.5) is 13.2 Å². The lowest BCUT2D eigenvalue weighted by Crippen LogP contribution is -2.20. The molecule has 1 rings (SSSR count). The summed E-state index contributed by atoms with van der Waals surface area (Å²) in [5, 5.41) is 9.64. The molecule has 0 bridgehead atoms. The lowest BCUT2D eigenvalue weighted by Gasteiger charge is -2.12. The van der Waals surface area contributed by atoms with Crippen molar-refractivity contribution in [3.8, 4) is 0 Å². The zero-order valence-corrected chi connectivity index (χ0v) is 11.7. The van der Waals surface area contributed by atoms with Crippen molar-refractivity contribution in [2.75, 3.05) is 13.2 Å². The van der Waals surface area contributed by atoms with Crippen LogP contribution in [0.25, 0.3) is 0 Å². The fourth-order valence-corrected chi connectivity index (χ4v) is 1.76. The molecule has 0 aliphatic rings. The van der Waals surface area contributed by atoms with E-state index in [2.05, 4.69) is 27.3 Å². The summed E-state index contributed by atoms with van der Waals surface area (Å²) in [5.74, 6) is 0. The summed E-state index contributed by atoms with van der Waals surface area (Å²) in [5.41, 5.74) is 0.957. The molecule has 1 N–H and O–H groups in total. The van der Waals surface area contributed by atoms with Gasteiger partial charge in [0.05, 0.1) is 6.10 Å². The number of aliphatic hydroxyl groups is 1. The summed E-state index contributed by atoms with van der Waals surface area (Å²) in [7, 11) is 0. The number of hydrogen-bond donors (Lipinski definition) is 1. The highest BCUT2D eigenvalue weighted by Crippen LogP contribution is 2.15. The van der Waals surface area contributed by atoms with E-state index in [-0.39, 0.29) is 13.0 Å². The van der Waals surface area contributed by atoms with Gasteiger partial charge in [0.15, 0.2) is 0 Å². The average molecular weight is 374 g/mol. The van der Waals surface area contributed by atoms with Crippen LogP contribution in [-0.2, 0) is 11.2 Å². The summed E-state index contributed by atoms with van der Waals surface area (Å²) < 4.78 is 40.9. The third-order valence-electron chi connectivity index (χ3n) is 2.25. The van der Waals surface area contributed by atoms with Crippen LogP contribution in [0.1, 0.15) is 12.0 Å². The average Bonchev–Trinajstić information content (AvgIpc) is 2.26. The van der Waals surface area contributed by atoms with Crippen molar-refractivity contribution in [1.82, 2.24) is 0 Å². The first-order valence-corrected chi connectivity index (χ1v) is 6.52. The van der Waals surface area contributed by atoms with Crippen LogP contribution in [0.5, 0.6) is 0 Å². The molecule has 1 aromatic carbocycles. The van der Waals surface area contributed by atoms with E-state index in [4.69, 9.17) is 0 Å². The van der Waals surface area contributed by atoms with Crippen LogP contribution in [0, 0.1) is 3.57 Å². The van der Waals surface area contributed by atoms with E-state index in [0.29, 0.717) is 6.42 Å². The lowest BCUT2D eigenvalue weighted by atomic mass is 10.1. The van der Waals surface area contributed by atoms with Gasteiger partial charge in [0.25, 0.3) is 0 Å². The van der Waals surface area contributed by atoms with E-state index in [1.54, 1.807) is 0 Å². The van der Waals surface area contributed by atoms with E-state index >= 15 is 0 Å². The van der Waals surface area contributed by atoms with Crippen molar-refractivity contribution < 1.29 is 23.0 Å². The van der Waals surface area contributed by atoms with Gasteiger partial charge in [0.2, 0.25) is 0 Å². The minimum atomic E-state index is -4.30. The topological polar surface area (TPSA) is 29.5 Å². The maximum Gasteiger partial charge on any atom is 0.411 e. The SMILES string of the molecule is OC(CCOCC(F)(F)F)Cc1ccc(I)cc1. The fourth-order valence-electron chi connectivity index (χ4n) is 1.40. The van der Waals surface area contributed by atoms with Gasteiger partial charge in [-0.25, -0.2) is 0 Å². The smallest absolute Gasteiger partial charge is 0.393 e. The molecule has 0 saturated heterocycles. The molecule has 0 aliphatic heterocycles. The lowest BCUT2D eigenvalue weighted by molar-refractivity contribution is -0.175. The van der Waals surface area contributed by atoms with Gasteiger partial charge in [-0.05, 0) is 53.1 Å². The standard InChI is InChI=1S/C12H14F3IO2/c13-12(14,15)8-18-6-5-11(17)7-9-1-3-10(16)4-2-9/h1-4,11,17H,5-8H2. The van der Waals surface area contributed by atoms with Crippen LogP contribution < -0.4 is 0 Å². The minimum Gasteiger partial charge on any atom is -0.393 e. The van der Waals surface area contributed by atoms with Crippen molar-refractivity contribution in [1.29, 1.82) is 0 Å². The monoisotopic (exact) mass is 374 g/mol. The predicted molar refractivity (Wildman–Crippen MR) is 70.4 cm³/mol. The highest BCUT2D eigenvalue weighted by molar-refractivity contribution is 14.1. The molecule has 18 heavy (non-hydrogen) atoms. The zero-order valence-electron chi connectivity index (χ0n) is 9.58. The summed E-state index contributed by atoms with van der Waals surface area (Å²) in [6, 6.07) is 7.62. The fraction of sp³-hybridized carbons (Fsp3) is 0.500. The quantitative estimate of drug-likeness (QED) is 0.613. The second kappa shape index (κ2) is 7.30. The Hall–Kier alpha value is -0.340. The number of ether oxygens (including phenoxy) is 1. The molecule has 0 radical (unpaired) electrons. The highest BCUT2D eigenvalue weighted by atomic mass is 127. The predicted octanol–water partition coefficient (Wildman–Crippen LogP) is 3.16. The van der Waals surface area contributed by atoms with Gasteiger partial charge in [0, 0.05) is 10.2 Å². The Balaban J connectivity index is 2.21. The molecule has 0 spiro atoms. The third kappa shape index (κ3) is 7.17. The summed E-state index contributed by atoms with van der Waals surface area (Å²) >= 11 is 2.18. The first kappa shape index (κ1) is 15.7. The molecular formula is C12H14F3IO2. The minimum absolute atomic E-state index is 0.0922. The molecule has 1 atom stereocenters. The van der Waals surface area contributed by atoms with Crippen molar-refractivity contribution in [3.63, 3.8) is 0 Å². The van der Waals surface area contributed by atoms with Gasteiger partial charge in [-0.3, -0.25) is 0 Å². The van der Waals surface area contributed by atoms with E-state index in [1.807, 2.05) is 24.3 Å². The number of rotatable bonds is 6. The molecule has 0 aromatic heterocycles. The van der Waals surface area contributed by atoms with Gasteiger partial charge in [-0.1, -0.05) is 12.1 Å². The molecule has 2 nitrogen and oxygen atoms in total. The van der Waals surface area contributed by atoms with Crippen molar-refractivity contribution in [3.05, 3.63) is 33.4 Å². The highest BCUT2D eigenvalue weighted by Gasteiger charge is 2.27. The second-order valence-electron chi connectivity index (χ2n) is 3.94. The largest absolute Gasteiger partial charge is 0.411 e. The van der Waals surface area contributed by atoms with Crippen LogP contribution in [0.3, 0.4) is 0 Å². The molecule has 0 saturated carbocycles. The molecule has 0 fully saturated rings. The van der Waals surface area contributed by atoms with Gasteiger partial charge in [-0.15, -0.1) is 0 Å². The maximum atomic E-state index is 11.8. The first-order chi connectivity index (χ1) is 8.37. The summed E-state index contributed by atoms with van der Waals surface area (Å²) in [6.07, 6.45) is -4.37. The Kier molecular flexibility index (Phi) is 6.37. The molecular weight excluding hydrogens is 360 g/mol. The normalized spacial score (nSPS) is 13.6. The summed E-state index contributed by atoms with van der Waals surface area (Å²) in [6.45, 7) is -1.35. The Labute approximate surface area is 117 Å². The molecule has 102 valence electrons. The number of hydrogen-bond acceptors (Lipinski definition) is 2. The number of halogens is 4. The van der Waals surface area contributed by atoms with Gasteiger partial charge < -0.3 is 9.84 Å². The molecule has 0 heterocycles. The Morgan fingerprint density at radius 1 is 1.22 bits per heavy atom. The Bertz CT molecular complexity index is 351. The van der Waals surface area contributed by atoms with Crippen LogP contribution >= 0.6 is 22.6 Å². The Morgan fingerprint density at radius 2 is 1.83 bits per heavy atom. The van der Waals surface area contributed by atoms with Gasteiger partial charge in [0.1, 0.15) is 6.61 Å². The van der Waals surface area contributed by atoms with Crippen LogP contribution in [-0.4, -0.2) is 30.6 Å². The number of alkyl halides is 3. The molecule has 1 aromatic rings. The van der Waals surface area contributed by atoms with Crippen molar-refractivity contribution in [2.24, 2.45) is 0 Å². The van der Waals surface area contributed by atoms with E-state index in [9.17, 15) is 18.3 Å². The molecule has 6 heteroatoms. The van der Waals surface area contributed by atoms with E-state index in [0.717, 1.165) is 9.13 Å². The number of aliphatic hydroxyl groups excluding tert-OH is 1. The molecule has 0 aliphatic carbocycles. The van der Waals surface area contributed by atoms with Gasteiger partial charge in [-0.2, -0.15) is 13.2 Å². The first-order valence-electron chi connectivity index (χ1n) is 5.44. The van der Waals surface area contributed by atoms with Crippen molar-refractivity contribution >= 4 is 22.6 Å². The molecule has 0 amide bonds. The van der Waals surface area contributed by atoms with Crippen molar-refractivity contribution in [2.45, 2.75) is 25.1 Å². The van der Waals surface area contributed by atoms with Gasteiger partial charge >= 0.3 is 6.18 Å². The second-order valence-corrected chi connectivity index (χ2v) is 5.19. The molecule has 1 unspecified atom stereocenters. The maximum absolute atomic E-state index is 11.8. The summed E-state index contributed by atoms with van der Waals surface area (Å²) in [4.78, 5) is 0. The van der Waals surface area contributed by atoms with E-state index in [1.165, 1.54) is 0 Å². The van der Waals surface area contributed by atoms with Crippen LogP contribution in [0.2, 0.25) is 0 Å². The van der Waals surface area contributed by atoms with E-state index < -0.39 is 18.9 Å².